The van der Waals surface area contributed by atoms with Crippen LogP contribution < -0.4 is 0 Å². The highest BCUT2D eigenvalue weighted by molar-refractivity contribution is 9.10. The van der Waals surface area contributed by atoms with E-state index in [0.29, 0.717) is 0 Å². The Morgan fingerprint density at radius 2 is 1.25 bits per heavy atom. The fraction of sp³-hybridized carbons (Fsp3) is 0. The fourth-order valence-corrected chi connectivity index (χ4v) is 3.59. The van der Waals surface area contributed by atoms with E-state index in [-0.39, 0.29) is 0 Å². The van der Waals surface area contributed by atoms with Gasteiger partial charge in [-0.25, -0.2) is 4.98 Å². The molecule has 0 aliphatic carbocycles. The van der Waals surface area contributed by atoms with E-state index in [4.69, 9.17) is 9.40 Å². The summed E-state index contributed by atoms with van der Waals surface area (Å²) >= 11 is 3.50. The van der Waals surface area contributed by atoms with E-state index in [1.807, 2.05) is 48.5 Å². The van der Waals surface area contributed by atoms with E-state index in [9.17, 15) is 0 Å². The van der Waals surface area contributed by atoms with Gasteiger partial charge in [-0.05, 0) is 36.4 Å². The van der Waals surface area contributed by atoms with Crippen LogP contribution in [0, 0.1) is 0 Å². The molecule has 0 N–H and O–H groups in total. The molecule has 134 valence electrons. The van der Waals surface area contributed by atoms with Crippen LogP contribution in [0.3, 0.4) is 0 Å². The molecule has 2 aromatic heterocycles. The number of nitrogens with zero attached hydrogens (tertiary/aromatic N) is 1. The molecule has 0 aliphatic rings. The molecule has 5 rings (SSSR count). The first kappa shape index (κ1) is 17.0. The first-order valence-corrected chi connectivity index (χ1v) is 9.88. The van der Waals surface area contributed by atoms with Crippen LogP contribution in [0.2, 0.25) is 0 Å². The zero-order valence-electron chi connectivity index (χ0n) is 15.0. The van der Waals surface area contributed by atoms with Crippen molar-refractivity contribution < 1.29 is 4.42 Å². The summed E-state index contributed by atoms with van der Waals surface area (Å²) in [4.78, 5) is 4.93. The Morgan fingerprint density at radius 3 is 1.96 bits per heavy atom. The number of rotatable bonds is 3. The lowest BCUT2D eigenvalue weighted by molar-refractivity contribution is 0.631. The van der Waals surface area contributed by atoms with Crippen molar-refractivity contribution in [3.63, 3.8) is 0 Å². The standard InChI is InChI=1S/C25H16BrNO/c26-21-12-10-18(11-13-21)23-15-20(14-22(27-23)17-6-2-1-3-7-17)25-16-19-8-4-5-9-24(19)28-25/h1-16H. The van der Waals surface area contributed by atoms with E-state index >= 15 is 0 Å². The summed E-state index contributed by atoms with van der Waals surface area (Å²) in [7, 11) is 0. The minimum atomic E-state index is 0.846. The van der Waals surface area contributed by atoms with Gasteiger partial charge in [0.15, 0.2) is 0 Å². The Morgan fingerprint density at radius 1 is 0.607 bits per heavy atom. The molecular formula is C25H16BrNO. The van der Waals surface area contributed by atoms with Gasteiger partial charge in [0.25, 0.3) is 0 Å². The molecule has 0 aliphatic heterocycles. The molecule has 0 atom stereocenters. The summed E-state index contributed by atoms with van der Waals surface area (Å²) in [6.45, 7) is 0. The van der Waals surface area contributed by atoms with Gasteiger partial charge in [0.2, 0.25) is 0 Å². The van der Waals surface area contributed by atoms with E-state index in [0.717, 1.165) is 49.3 Å². The van der Waals surface area contributed by atoms with E-state index in [1.54, 1.807) is 0 Å². The Kier molecular flexibility index (Phi) is 4.30. The van der Waals surface area contributed by atoms with Crippen LogP contribution in [0.4, 0.5) is 0 Å². The smallest absolute Gasteiger partial charge is 0.135 e. The number of halogens is 1. The van der Waals surface area contributed by atoms with Crippen molar-refractivity contribution in [3.8, 4) is 33.8 Å². The van der Waals surface area contributed by atoms with Crippen molar-refractivity contribution in [3.05, 3.63) is 102 Å². The van der Waals surface area contributed by atoms with Gasteiger partial charge in [-0.15, -0.1) is 0 Å². The van der Waals surface area contributed by atoms with E-state index in [1.165, 1.54) is 0 Å². The number of furan rings is 1. The minimum absolute atomic E-state index is 0.846. The van der Waals surface area contributed by atoms with E-state index < -0.39 is 0 Å². The maximum atomic E-state index is 6.12. The molecule has 2 nitrogen and oxygen atoms in total. The minimum Gasteiger partial charge on any atom is -0.456 e. The molecule has 0 spiro atoms. The summed E-state index contributed by atoms with van der Waals surface area (Å²) in [5.41, 5.74) is 5.90. The molecule has 0 radical (unpaired) electrons. The molecule has 0 bridgehead atoms. The molecule has 2 heterocycles. The quantitative estimate of drug-likeness (QED) is 0.297. The number of pyridine rings is 1. The van der Waals surface area contributed by atoms with E-state index in [2.05, 4.69) is 64.5 Å². The molecule has 5 aromatic rings. The molecule has 0 saturated carbocycles. The largest absolute Gasteiger partial charge is 0.456 e. The number of hydrogen-bond donors (Lipinski definition) is 0. The van der Waals surface area contributed by atoms with Gasteiger partial charge in [-0.2, -0.15) is 0 Å². The molecule has 3 aromatic carbocycles. The van der Waals surface area contributed by atoms with Crippen molar-refractivity contribution in [2.24, 2.45) is 0 Å². The van der Waals surface area contributed by atoms with Gasteiger partial charge in [0.1, 0.15) is 11.3 Å². The molecule has 0 amide bonds. The van der Waals surface area contributed by atoms with Crippen LogP contribution >= 0.6 is 15.9 Å². The third-order valence-corrected chi connectivity index (χ3v) is 5.27. The van der Waals surface area contributed by atoms with Crippen LogP contribution in [-0.2, 0) is 0 Å². The van der Waals surface area contributed by atoms with Crippen LogP contribution in [0.25, 0.3) is 44.8 Å². The zero-order chi connectivity index (χ0) is 18.9. The fourth-order valence-electron chi connectivity index (χ4n) is 3.32. The highest BCUT2D eigenvalue weighted by atomic mass is 79.9. The van der Waals surface area contributed by atoms with Crippen LogP contribution in [0.15, 0.2) is 106 Å². The van der Waals surface area contributed by atoms with Gasteiger partial charge in [0.05, 0.1) is 11.4 Å². The monoisotopic (exact) mass is 425 g/mol. The third kappa shape index (κ3) is 3.25. The lowest BCUT2D eigenvalue weighted by Gasteiger charge is -2.09. The second-order valence-corrected chi connectivity index (χ2v) is 7.56. The predicted octanol–water partition coefficient (Wildman–Crippen LogP) is 7.59. The number of hydrogen-bond acceptors (Lipinski definition) is 2. The molecule has 0 unspecified atom stereocenters. The Bertz CT molecular complexity index is 1220. The SMILES string of the molecule is Brc1ccc(-c2cc(-c3cc4ccccc4o3)cc(-c3ccccc3)n2)cc1. The summed E-state index contributed by atoms with van der Waals surface area (Å²) in [5, 5.41) is 1.10. The number of fused-ring (bicyclic) bond motifs is 1. The summed E-state index contributed by atoms with van der Waals surface area (Å²) in [5.74, 6) is 0.846. The number of benzene rings is 3. The number of para-hydroxylation sites is 1. The van der Waals surface area contributed by atoms with Crippen molar-refractivity contribution >= 4 is 26.9 Å². The average Bonchev–Trinajstić information content (AvgIpc) is 3.19. The average molecular weight is 426 g/mol. The predicted molar refractivity (Wildman–Crippen MR) is 118 cm³/mol. The molecule has 0 saturated heterocycles. The Labute approximate surface area is 171 Å². The van der Waals surface area contributed by atoms with Crippen molar-refractivity contribution in [1.82, 2.24) is 4.98 Å². The number of aromatic nitrogens is 1. The van der Waals surface area contributed by atoms with Gasteiger partial charge in [0, 0.05) is 26.5 Å². The molecule has 28 heavy (non-hydrogen) atoms. The van der Waals surface area contributed by atoms with Crippen LogP contribution in [0.1, 0.15) is 0 Å². The summed E-state index contributed by atoms with van der Waals surface area (Å²) in [6, 6.07) is 32.8. The molecular weight excluding hydrogens is 410 g/mol. The lowest BCUT2D eigenvalue weighted by Crippen LogP contribution is -1.90. The highest BCUT2D eigenvalue weighted by Gasteiger charge is 2.12. The van der Waals surface area contributed by atoms with Gasteiger partial charge < -0.3 is 4.42 Å². The van der Waals surface area contributed by atoms with Gasteiger partial charge in [-0.3, -0.25) is 0 Å². The summed E-state index contributed by atoms with van der Waals surface area (Å²) < 4.78 is 7.17. The maximum Gasteiger partial charge on any atom is 0.135 e. The molecule has 3 heteroatoms. The lowest BCUT2D eigenvalue weighted by atomic mass is 10.0. The topological polar surface area (TPSA) is 26.0 Å². The van der Waals surface area contributed by atoms with Crippen molar-refractivity contribution in [2.75, 3.05) is 0 Å². The second kappa shape index (κ2) is 7.10. The molecule has 0 fully saturated rings. The highest BCUT2D eigenvalue weighted by Crippen LogP contribution is 2.33. The Balaban J connectivity index is 1.71. The van der Waals surface area contributed by atoms with Crippen molar-refractivity contribution in [2.45, 2.75) is 0 Å². The first-order chi connectivity index (χ1) is 13.8. The second-order valence-electron chi connectivity index (χ2n) is 6.65. The zero-order valence-corrected chi connectivity index (χ0v) is 16.6. The van der Waals surface area contributed by atoms with Crippen LogP contribution in [-0.4, -0.2) is 4.98 Å². The third-order valence-electron chi connectivity index (χ3n) is 4.74. The normalized spacial score (nSPS) is 11.0. The first-order valence-electron chi connectivity index (χ1n) is 9.09. The van der Waals surface area contributed by atoms with Crippen LogP contribution in [0.5, 0.6) is 0 Å². The van der Waals surface area contributed by atoms with Gasteiger partial charge in [-0.1, -0.05) is 76.6 Å². The van der Waals surface area contributed by atoms with Crippen molar-refractivity contribution in [1.29, 1.82) is 0 Å². The summed E-state index contributed by atoms with van der Waals surface area (Å²) in [6.07, 6.45) is 0. The Hall–Kier alpha value is -3.17. The maximum absolute atomic E-state index is 6.12. The van der Waals surface area contributed by atoms with Gasteiger partial charge >= 0.3 is 0 Å².